The van der Waals surface area contributed by atoms with Gasteiger partial charge in [0, 0.05) is 48.3 Å². The Labute approximate surface area is 247 Å². The fourth-order valence-corrected chi connectivity index (χ4v) is 4.64. The van der Waals surface area contributed by atoms with Gasteiger partial charge in [-0.05, 0) is 42.0 Å². The lowest BCUT2D eigenvalue weighted by Gasteiger charge is -2.21. The van der Waals surface area contributed by atoms with Crippen molar-refractivity contribution >= 4 is 23.3 Å². The Morgan fingerprint density at radius 1 is 1.07 bits per heavy atom. The first kappa shape index (κ1) is 31.3. The number of Topliss-reactive ketones (excluding diaryl/α,β-unsaturated/α-hetero) is 1. The van der Waals surface area contributed by atoms with Crippen molar-refractivity contribution in [2.75, 3.05) is 13.7 Å². The molecule has 226 valence electrons. The summed E-state index contributed by atoms with van der Waals surface area (Å²) in [6.45, 7) is -1.58. The number of primary amides is 1. The second kappa shape index (κ2) is 12.7. The number of alkyl halides is 3. The van der Waals surface area contributed by atoms with Gasteiger partial charge in [-0.3, -0.25) is 19.1 Å². The van der Waals surface area contributed by atoms with Gasteiger partial charge >= 0.3 is 6.18 Å². The van der Waals surface area contributed by atoms with Gasteiger partial charge in [0.1, 0.15) is 23.4 Å². The molecule has 14 heteroatoms. The predicted octanol–water partition coefficient (Wildman–Crippen LogP) is 4.69. The molecule has 43 heavy (non-hydrogen) atoms. The summed E-state index contributed by atoms with van der Waals surface area (Å²) < 4.78 is 66.2. The Bertz CT molecular complexity index is 1730. The average Bonchev–Trinajstić information content (AvgIpc) is 3.34. The standard InChI is InChI=1S/C29H25ClF4N4O5/c1-37-8-7-18(36-37)12-23(24(39)10-16-3-5-19(28(35)41)22(31)9-16)38-14-26(42-2)21(13-27(38)40)20-11-17(30)4-6-25(20)43-15-29(32,33)34/h3-9,11,13-14,23H,10,12,15H2,1-2H3,(H2,35,41). The van der Waals surface area contributed by atoms with E-state index in [1.807, 2.05) is 0 Å². The molecule has 1 unspecified atom stereocenters. The van der Waals surface area contributed by atoms with Crippen LogP contribution in [0.4, 0.5) is 17.6 Å². The number of carbonyl (C=O) groups excluding carboxylic acids is 2. The highest BCUT2D eigenvalue weighted by atomic mass is 35.5. The highest BCUT2D eigenvalue weighted by molar-refractivity contribution is 6.31. The Morgan fingerprint density at radius 3 is 2.40 bits per heavy atom. The number of methoxy groups -OCH3 is 1. The fraction of sp³-hybridized carbons (Fsp3) is 0.241. The van der Waals surface area contributed by atoms with Crippen LogP contribution in [0.3, 0.4) is 0 Å². The highest BCUT2D eigenvalue weighted by Gasteiger charge is 2.30. The molecule has 0 bridgehead atoms. The maximum Gasteiger partial charge on any atom is 0.422 e. The van der Waals surface area contributed by atoms with Gasteiger partial charge in [0.25, 0.3) is 11.5 Å². The first-order valence-electron chi connectivity index (χ1n) is 12.6. The zero-order valence-corrected chi connectivity index (χ0v) is 23.6. The second-order valence-corrected chi connectivity index (χ2v) is 10.0. The van der Waals surface area contributed by atoms with E-state index in [9.17, 15) is 31.9 Å². The van der Waals surface area contributed by atoms with Gasteiger partial charge in [-0.1, -0.05) is 17.7 Å². The molecule has 1 atom stereocenters. The molecule has 0 spiro atoms. The maximum absolute atomic E-state index is 14.4. The van der Waals surface area contributed by atoms with Crippen LogP contribution >= 0.6 is 11.6 Å². The van der Waals surface area contributed by atoms with Crippen molar-refractivity contribution in [1.29, 1.82) is 0 Å². The SMILES string of the molecule is COc1cn(C(Cc2ccn(C)n2)C(=O)Cc2ccc(C(N)=O)c(F)c2)c(=O)cc1-c1cc(Cl)ccc1OCC(F)(F)F. The predicted molar refractivity (Wildman–Crippen MR) is 149 cm³/mol. The summed E-state index contributed by atoms with van der Waals surface area (Å²) in [4.78, 5) is 38.6. The summed E-state index contributed by atoms with van der Waals surface area (Å²) >= 11 is 6.11. The van der Waals surface area contributed by atoms with E-state index in [0.717, 1.165) is 16.7 Å². The lowest BCUT2D eigenvalue weighted by molar-refractivity contribution is -0.153. The quantitative estimate of drug-likeness (QED) is 0.243. The number of amides is 1. The van der Waals surface area contributed by atoms with Crippen molar-refractivity contribution in [2.24, 2.45) is 12.8 Å². The van der Waals surface area contributed by atoms with Gasteiger partial charge in [0.15, 0.2) is 12.4 Å². The number of rotatable bonds is 11. The molecule has 0 radical (unpaired) electrons. The number of ketones is 1. The van der Waals surface area contributed by atoms with Crippen molar-refractivity contribution in [3.8, 4) is 22.6 Å². The molecule has 2 heterocycles. The minimum absolute atomic E-state index is 0.0267. The van der Waals surface area contributed by atoms with Crippen molar-refractivity contribution in [2.45, 2.75) is 25.1 Å². The Kier molecular flexibility index (Phi) is 9.24. The average molecular weight is 621 g/mol. The zero-order chi connectivity index (χ0) is 31.5. The van der Waals surface area contributed by atoms with Gasteiger partial charge in [0.05, 0.1) is 24.6 Å². The Hall–Kier alpha value is -4.65. The third kappa shape index (κ3) is 7.60. The third-order valence-corrected chi connectivity index (χ3v) is 6.68. The van der Waals surface area contributed by atoms with Crippen LogP contribution in [0.15, 0.2) is 65.7 Å². The Morgan fingerprint density at radius 2 is 1.79 bits per heavy atom. The van der Waals surface area contributed by atoms with Crippen LogP contribution < -0.4 is 20.8 Å². The first-order valence-corrected chi connectivity index (χ1v) is 13.0. The van der Waals surface area contributed by atoms with Crippen molar-refractivity contribution < 1.29 is 36.6 Å². The number of hydrogen-bond acceptors (Lipinski definition) is 6. The first-order chi connectivity index (χ1) is 20.3. The van der Waals surface area contributed by atoms with E-state index in [4.69, 9.17) is 26.8 Å². The number of pyridine rings is 1. The molecule has 0 aliphatic carbocycles. The summed E-state index contributed by atoms with van der Waals surface area (Å²) in [7, 11) is 2.96. The third-order valence-electron chi connectivity index (χ3n) is 6.44. The van der Waals surface area contributed by atoms with E-state index < -0.39 is 41.9 Å². The molecule has 2 N–H and O–H groups in total. The van der Waals surface area contributed by atoms with Crippen LogP contribution in [0.2, 0.25) is 5.02 Å². The van der Waals surface area contributed by atoms with Crippen LogP contribution in [-0.2, 0) is 24.7 Å². The zero-order valence-electron chi connectivity index (χ0n) is 22.8. The van der Waals surface area contributed by atoms with Crippen molar-refractivity contribution in [3.05, 3.63) is 98.9 Å². The minimum Gasteiger partial charge on any atom is -0.495 e. The topological polar surface area (TPSA) is 118 Å². The second-order valence-electron chi connectivity index (χ2n) is 9.57. The normalized spacial score (nSPS) is 12.2. The maximum atomic E-state index is 14.4. The molecule has 0 fully saturated rings. The molecule has 0 saturated carbocycles. The molecule has 0 aliphatic rings. The van der Waals surface area contributed by atoms with Crippen LogP contribution in [-0.4, -0.2) is 45.9 Å². The van der Waals surface area contributed by atoms with Crippen LogP contribution in [0.1, 0.15) is 27.7 Å². The number of hydrogen-bond donors (Lipinski definition) is 1. The van der Waals surface area contributed by atoms with Gasteiger partial charge in [-0.2, -0.15) is 18.3 Å². The van der Waals surface area contributed by atoms with E-state index in [1.54, 1.807) is 19.3 Å². The molecule has 0 aliphatic heterocycles. The van der Waals surface area contributed by atoms with Crippen LogP contribution in [0.5, 0.6) is 11.5 Å². The molecule has 4 aromatic rings. The number of nitrogens with two attached hydrogens (primary N) is 1. The molecule has 0 saturated heterocycles. The fourth-order valence-electron chi connectivity index (χ4n) is 4.47. The van der Waals surface area contributed by atoms with E-state index in [1.165, 1.54) is 48.3 Å². The van der Waals surface area contributed by atoms with E-state index in [0.29, 0.717) is 5.69 Å². The molecule has 9 nitrogen and oxygen atoms in total. The molecular weight excluding hydrogens is 596 g/mol. The van der Waals surface area contributed by atoms with Crippen molar-refractivity contribution in [1.82, 2.24) is 14.3 Å². The van der Waals surface area contributed by atoms with Gasteiger partial charge in [0.2, 0.25) is 0 Å². The van der Waals surface area contributed by atoms with Gasteiger partial charge in [-0.25, -0.2) is 4.39 Å². The van der Waals surface area contributed by atoms with E-state index >= 15 is 0 Å². The molecule has 2 aromatic heterocycles. The smallest absolute Gasteiger partial charge is 0.422 e. The molecule has 4 rings (SSSR count). The summed E-state index contributed by atoms with van der Waals surface area (Å²) in [5.74, 6) is -2.51. The number of nitrogens with zero attached hydrogens (tertiary/aromatic N) is 3. The summed E-state index contributed by atoms with van der Waals surface area (Å²) in [5.41, 5.74) is 4.99. The molecular formula is C29H25ClF4N4O5. The minimum atomic E-state index is -4.62. The lowest BCUT2D eigenvalue weighted by Crippen LogP contribution is -2.32. The van der Waals surface area contributed by atoms with E-state index in [-0.39, 0.29) is 51.6 Å². The number of halogens is 5. The number of benzene rings is 2. The summed E-state index contributed by atoms with van der Waals surface area (Å²) in [6.07, 6.45) is -2.04. The van der Waals surface area contributed by atoms with Gasteiger partial charge < -0.3 is 19.8 Å². The number of aromatic nitrogens is 3. The van der Waals surface area contributed by atoms with Crippen LogP contribution in [0, 0.1) is 5.82 Å². The number of aryl methyl sites for hydroxylation is 1. The van der Waals surface area contributed by atoms with Crippen LogP contribution in [0.25, 0.3) is 11.1 Å². The van der Waals surface area contributed by atoms with Crippen molar-refractivity contribution in [3.63, 3.8) is 0 Å². The number of ether oxygens (including phenoxy) is 2. The molecule has 2 aromatic carbocycles. The highest BCUT2D eigenvalue weighted by Crippen LogP contribution is 2.38. The Balaban J connectivity index is 1.77. The number of carbonyl (C=O) groups is 2. The largest absolute Gasteiger partial charge is 0.495 e. The summed E-state index contributed by atoms with van der Waals surface area (Å²) in [5, 5.41) is 4.46. The lowest BCUT2D eigenvalue weighted by atomic mass is 9.98. The van der Waals surface area contributed by atoms with Gasteiger partial charge in [-0.15, -0.1) is 0 Å². The monoisotopic (exact) mass is 620 g/mol. The summed E-state index contributed by atoms with van der Waals surface area (Å²) in [6, 6.07) is 9.09. The van der Waals surface area contributed by atoms with E-state index in [2.05, 4.69) is 5.10 Å². The molecule has 1 amide bonds.